The van der Waals surface area contributed by atoms with Gasteiger partial charge in [-0.05, 0) is 65.9 Å². The molecule has 0 aliphatic carbocycles. The summed E-state index contributed by atoms with van der Waals surface area (Å²) in [4.78, 5) is 20.3. The number of hydrogen-bond donors (Lipinski definition) is 0. The molecule has 0 aliphatic heterocycles. The van der Waals surface area contributed by atoms with Crippen molar-refractivity contribution in [2.45, 2.75) is 20.3 Å². The van der Waals surface area contributed by atoms with Crippen molar-refractivity contribution in [1.29, 1.82) is 0 Å². The molecule has 4 aromatic heterocycles. The maximum atomic E-state index is 5.21. The van der Waals surface area contributed by atoms with Gasteiger partial charge in [0.15, 0.2) is 5.82 Å². The van der Waals surface area contributed by atoms with Crippen molar-refractivity contribution in [3.63, 3.8) is 0 Å². The Bertz CT molecular complexity index is 2680. The molecule has 0 spiro atoms. The van der Waals surface area contributed by atoms with Crippen LogP contribution in [0.15, 0.2) is 133 Å². The monoisotopic (exact) mass is 634 g/mol. The van der Waals surface area contributed by atoms with Crippen LogP contribution in [0.4, 0.5) is 0 Å². The van der Waals surface area contributed by atoms with Crippen LogP contribution in [-0.4, -0.2) is 19.9 Å². The molecule has 0 saturated heterocycles. The fourth-order valence-corrected chi connectivity index (χ4v) is 7.81. The Morgan fingerprint density at radius 1 is 0.521 bits per heavy atom. The third kappa shape index (κ3) is 4.83. The van der Waals surface area contributed by atoms with Gasteiger partial charge in [0.05, 0.1) is 26.9 Å². The van der Waals surface area contributed by atoms with Crippen LogP contribution < -0.4 is 0 Å². The SMILES string of the molecule is CCc1cc(-c2cccc(-c3cccc(-c4nc(-c5ccccc5)nc5c4sc4ccccc45)c3)c2)c2ccc3ccc(C)nc3c2n1. The molecular formula is C43H30N4S. The fraction of sp³-hybridized carbons (Fsp3) is 0.0698. The molecule has 48 heavy (non-hydrogen) atoms. The molecule has 0 fully saturated rings. The van der Waals surface area contributed by atoms with E-state index in [1.807, 2.05) is 25.1 Å². The Kier molecular flexibility index (Phi) is 6.80. The van der Waals surface area contributed by atoms with Gasteiger partial charge in [0, 0.05) is 43.4 Å². The standard InChI is InChI=1S/C43H30N4S/c1-3-33-25-36(34-22-21-27-20-19-26(2)44-38(27)40(34)45-33)31-15-9-13-29(23-31)30-14-10-16-32(24-30)39-42-41(35-17-7-8-18-37(35)48-42)47-43(46-39)28-11-5-4-6-12-28/h4-25H,3H2,1-2H3. The second kappa shape index (κ2) is 11.5. The van der Waals surface area contributed by atoms with Gasteiger partial charge in [0.25, 0.3) is 0 Å². The lowest BCUT2D eigenvalue weighted by molar-refractivity contribution is 1.06. The third-order valence-electron chi connectivity index (χ3n) is 9.09. The predicted molar refractivity (Wildman–Crippen MR) is 201 cm³/mol. The molecule has 9 rings (SSSR count). The van der Waals surface area contributed by atoms with Gasteiger partial charge in [-0.15, -0.1) is 11.3 Å². The molecule has 0 amide bonds. The maximum Gasteiger partial charge on any atom is 0.160 e. The summed E-state index contributed by atoms with van der Waals surface area (Å²) in [6.45, 7) is 4.20. The number of hydrogen-bond acceptors (Lipinski definition) is 5. The van der Waals surface area contributed by atoms with Crippen LogP contribution in [0.2, 0.25) is 0 Å². The average molecular weight is 635 g/mol. The van der Waals surface area contributed by atoms with Crippen LogP contribution in [0.3, 0.4) is 0 Å². The van der Waals surface area contributed by atoms with Crippen LogP contribution in [0.5, 0.6) is 0 Å². The van der Waals surface area contributed by atoms with Gasteiger partial charge in [-0.2, -0.15) is 0 Å². The minimum Gasteiger partial charge on any atom is -0.251 e. The highest BCUT2D eigenvalue weighted by Crippen LogP contribution is 2.41. The summed E-state index contributed by atoms with van der Waals surface area (Å²) in [5.41, 5.74) is 12.6. The number of aromatic nitrogens is 4. The summed E-state index contributed by atoms with van der Waals surface area (Å²) in [7, 11) is 0. The highest BCUT2D eigenvalue weighted by atomic mass is 32.1. The summed E-state index contributed by atoms with van der Waals surface area (Å²) in [5, 5.41) is 3.39. The summed E-state index contributed by atoms with van der Waals surface area (Å²) < 4.78 is 2.32. The number of aryl methyl sites for hydroxylation is 2. The Morgan fingerprint density at radius 2 is 1.23 bits per heavy atom. The van der Waals surface area contributed by atoms with Crippen LogP contribution in [0, 0.1) is 6.92 Å². The minimum atomic E-state index is 0.738. The van der Waals surface area contributed by atoms with Gasteiger partial charge in [-0.3, -0.25) is 9.97 Å². The Morgan fingerprint density at radius 3 is 2.06 bits per heavy atom. The fourth-order valence-electron chi connectivity index (χ4n) is 6.66. The summed E-state index contributed by atoms with van der Waals surface area (Å²) in [6, 6.07) is 47.2. The van der Waals surface area contributed by atoms with Gasteiger partial charge in [-0.1, -0.05) is 110 Å². The Hall–Kier alpha value is -5.78. The summed E-state index contributed by atoms with van der Waals surface area (Å²) in [5.74, 6) is 0.738. The molecule has 228 valence electrons. The van der Waals surface area contributed by atoms with E-state index in [9.17, 15) is 0 Å². The van der Waals surface area contributed by atoms with E-state index in [0.717, 1.165) is 94.6 Å². The normalized spacial score (nSPS) is 11.6. The average Bonchev–Trinajstić information content (AvgIpc) is 3.53. The zero-order chi connectivity index (χ0) is 32.2. The number of thiophene rings is 1. The lowest BCUT2D eigenvalue weighted by Crippen LogP contribution is -1.95. The van der Waals surface area contributed by atoms with Crippen LogP contribution in [0.1, 0.15) is 18.3 Å². The maximum absolute atomic E-state index is 5.21. The minimum absolute atomic E-state index is 0.738. The number of pyridine rings is 2. The third-order valence-corrected chi connectivity index (χ3v) is 10.3. The molecule has 0 bridgehead atoms. The molecule has 0 radical (unpaired) electrons. The highest BCUT2D eigenvalue weighted by Gasteiger charge is 2.17. The molecule has 0 saturated carbocycles. The van der Waals surface area contributed by atoms with Crippen molar-refractivity contribution in [1.82, 2.24) is 19.9 Å². The van der Waals surface area contributed by atoms with Crippen molar-refractivity contribution in [3.8, 4) is 44.9 Å². The molecule has 4 heterocycles. The van der Waals surface area contributed by atoms with Gasteiger partial charge in [0.1, 0.15) is 0 Å². The molecule has 0 aliphatic rings. The summed E-state index contributed by atoms with van der Waals surface area (Å²) >= 11 is 1.76. The van der Waals surface area contributed by atoms with E-state index in [2.05, 4.69) is 122 Å². The zero-order valence-electron chi connectivity index (χ0n) is 26.6. The molecule has 4 nitrogen and oxygen atoms in total. The van der Waals surface area contributed by atoms with E-state index in [0.29, 0.717) is 0 Å². The van der Waals surface area contributed by atoms with Crippen molar-refractivity contribution < 1.29 is 0 Å². The topological polar surface area (TPSA) is 51.6 Å². The lowest BCUT2D eigenvalue weighted by Gasteiger charge is -2.13. The quantitative estimate of drug-likeness (QED) is 0.177. The smallest absolute Gasteiger partial charge is 0.160 e. The van der Waals surface area contributed by atoms with Gasteiger partial charge >= 0.3 is 0 Å². The van der Waals surface area contributed by atoms with E-state index in [1.165, 1.54) is 10.3 Å². The van der Waals surface area contributed by atoms with Crippen molar-refractivity contribution in [3.05, 3.63) is 145 Å². The van der Waals surface area contributed by atoms with Crippen LogP contribution in [0.25, 0.3) is 87.0 Å². The highest BCUT2D eigenvalue weighted by molar-refractivity contribution is 7.26. The molecule has 9 aromatic rings. The van der Waals surface area contributed by atoms with Gasteiger partial charge < -0.3 is 0 Å². The first kappa shape index (κ1) is 28.4. The van der Waals surface area contributed by atoms with E-state index in [1.54, 1.807) is 11.3 Å². The second-order valence-corrected chi connectivity index (χ2v) is 13.3. The number of benzene rings is 5. The van der Waals surface area contributed by atoms with Crippen molar-refractivity contribution in [2.75, 3.05) is 0 Å². The Balaban J connectivity index is 1.20. The second-order valence-electron chi connectivity index (χ2n) is 12.2. The molecule has 5 heteroatoms. The first-order chi connectivity index (χ1) is 23.6. The van der Waals surface area contributed by atoms with E-state index in [-0.39, 0.29) is 0 Å². The number of nitrogens with zero attached hydrogens (tertiary/aromatic N) is 4. The van der Waals surface area contributed by atoms with Gasteiger partial charge in [0.2, 0.25) is 0 Å². The Labute approximate surface area is 282 Å². The molecule has 0 atom stereocenters. The van der Waals surface area contributed by atoms with Gasteiger partial charge in [-0.25, -0.2) is 9.97 Å². The molecule has 0 unspecified atom stereocenters. The van der Waals surface area contributed by atoms with E-state index in [4.69, 9.17) is 19.9 Å². The van der Waals surface area contributed by atoms with Crippen molar-refractivity contribution >= 4 is 53.4 Å². The lowest BCUT2D eigenvalue weighted by atomic mass is 9.94. The van der Waals surface area contributed by atoms with Crippen LogP contribution in [-0.2, 0) is 6.42 Å². The van der Waals surface area contributed by atoms with E-state index >= 15 is 0 Å². The first-order valence-corrected chi connectivity index (χ1v) is 17.1. The number of rotatable bonds is 5. The summed E-state index contributed by atoms with van der Waals surface area (Å²) in [6.07, 6.45) is 0.850. The molecule has 5 aromatic carbocycles. The largest absolute Gasteiger partial charge is 0.251 e. The predicted octanol–water partition coefficient (Wildman–Crippen LogP) is 11.5. The molecule has 0 N–H and O–H groups in total. The van der Waals surface area contributed by atoms with Crippen LogP contribution >= 0.6 is 11.3 Å². The first-order valence-electron chi connectivity index (χ1n) is 16.3. The van der Waals surface area contributed by atoms with Crippen molar-refractivity contribution in [2.24, 2.45) is 0 Å². The van der Waals surface area contributed by atoms with E-state index < -0.39 is 0 Å². The molecular weight excluding hydrogens is 605 g/mol. The number of fused-ring (bicyclic) bond motifs is 6. The zero-order valence-corrected chi connectivity index (χ0v) is 27.4.